The molecule has 0 spiro atoms. The number of amides is 1. The number of aryl methyl sites for hydroxylation is 2. The van der Waals surface area contributed by atoms with E-state index in [1.807, 2.05) is 5.43 Å². The zero-order valence-electron chi connectivity index (χ0n) is 10.1. The molecule has 0 radical (unpaired) electrons. The molecule has 1 amide bonds. The minimum absolute atomic E-state index is 0.121. The fourth-order valence-electron chi connectivity index (χ4n) is 1.53. The summed E-state index contributed by atoms with van der Waals surface area (Å²) >= 11 is 6.51. The van der Waals surface area contributed by atoms with Crippen LogP contribution in [0.5, 0.6) is 0 Å². The molecule has 0 fully saturated rings. The topological polar surface area (TPSA) is 108 Å². The molecule has 0 atom stereocenters. The molecule has 0 aliphatic heterocycles. The zero-order valence-corrected chi connectivity index (χ0v) is 13.3. The standard InChI is InChI=1S/C10H10Br2N6O2/c11-6-3-7(12)10(20)17(4-6)1-2-18-5-8(15-16-18)9(19)14-13/h3-5H,1-2,13H2,(H,14,19). The fraction of sp³-hybridized carbons (Fsp3) is 0.200. The molecular weight excluding hydrogens is 396 g/mol. The van der Waals surface area contributed by atoms with Crippen molar-refractivity contribution in [2.24, 2.45) is 5.84 Å². The number of nitrogens with two attached hydrogens (primary N) is 1. The Morgan fingerprint density at radius 2 is 2.10 bits per heavy atom. The van der Waals surface area contributed by atoms with Crippen molar-refractivity contribution in [2.75, 3.05) is 0 Å². The molecule has 0 aliphatic carbocycles. The number of nitrogens with zero attached hydrogens (tertiary/aromatic N) is 4. The quantitative estimate of drug-likeness (QED) is 0.431. The second kappa shape index (κ2) is 6.29. The van der Waals surface area contributed by atoms with Gasteiger partial charge in [-0.2, -0.15) is 0 Å². The molecule has 8 nitrogen and oxygen atoms in total. The smallest absolute Gasteiger partial charge is 0.287 e. The van der Waals surface area contributed by atoms with Crippen molar-refractivity contribution in [1.29, 1.82) is 0 Å². The Kier molecular flexibility index (Phi) is 4.68. The first-order valence-electron chi connectivity index (χ1n) is 5.48. The van der Waals surface area contributed by atoms with Crippen LogP contribution >= 0.6 is 31.9 Å². The second-order valence-electron chi connectivity index (χ2n) is 3.85. The molecule has 0 bridgehead atoms. The number of nitrogens with one attached hydrogen (secondary N) is 1. The third-order valence-electron chi connectivity index (χ3n) is 2.48. The zero-order chi connectivity index (χ0) is 14.7. The highest BCUT2D eigenvalue weighted by atomic mass is 79.9. The molecule has 0 saturated carbocycles. The Balaban J connectivity index is 2.11. The summed E-state index contributed by atoms with van der Waals surface area (Å²) in [6, 6.07) is 1.68. The van der Waals surface area contributed by atoms with Crippen LogP contribution in [0.4, 0.5) is 0 Å². The normalized spacial score (nSPS) is 10.6. The van der Waals surface area contributed by atoms with Gasteiger partial charge in [-0.05, 0) is 37.9 Å². The number of hydrogen-bond donors (Lipinski definition) is 2. The third-order valence-corrected chi connectivity index (χ3v) is 3.48. The van der Waals surface area contributed by atoms with Crippen LogP contribution in [-0.2, 0) is 13.1 Å². The van der Waals surface area contributed by atoms with E-state index in [4.69, 9.17) is 5.84 Å². The van der Waals surface area contributed by atoms with Crippen molar-refractivity contribution in [2.45, 2.75) is 13.1 Å². The summed E-state index contributed by atoms with van der Waals surface area (Å²) in [4.78, 5) is 23.1. The van der Waals surface area contributed by atoms with Crippen molar-refractivity contribution in [3.8, 4) is 0 Å². The SMILES string of the molecule is NNC(=O)c1cn(CCn2cc(Br)cc(Br)c2=O)nn1. The van der Waals surface area contributed by atoms with Crippen LogP contribution in [0.1, 0.15) is 10.5 Å². The van der Waals surface area contributed by atoms with E-state index in [1.165, 1.54) is 15.4 Å². The van der Waals surface area contributed by atoms with Crippen LogP contribution in [0, 0.1) is 0 Å². The lowest BCUT2D eigenvalue weighted by Gasteiger charge is -2.06. The molecule has 2 heterocycles. The summed E-state index contributed by atoms with van der Waals surface area (Å²) < 4.78 is 4.24. The van der Waals surface area contributed by atoms with Gasteiger partial charge in [-0.25, -0.2) is 10.5 Å². The predicted molar refractivity (Wildman–Crippen MR) is 77.8 cm³/mol. The molecule has 0 aromatic carbocycles. The average Bonchev–Trinajstić information content (AvgIpc) is 2.89. The number of hydrazine groups is 1. The number of nitrogen functional groups attached to an aromatic ring is 1. The van der Waals surface area contributed by atoms with Crippen LogP contribution in [0.2, 0.25) is 0 Å². The van der Waals surface area contributed by atoms with Crippen molar-refractivity contribution in [3.05, 3.63) is 43.5 Å². The highest BCUT2D eigenvalue weighted by Gasteiger charge is 2.09. The van der Waals surface area contributed by atoms with Crippen LogP contribution in [0.15, 0.2) is 32.2 Å². The largest absolute Gasteiger partial charge is 0.312 e. The van der Waals surface area contributed by atoms with Crippen molar-refractivity contribution >= 4 is 37.8 Å². The second-order valence-corrected chi connectivity index (χ2v) is 5.62. The van der Waals surface area contributed by atoms with Gasteiger partial charge in [-0.15, -0.1) is 5.10 Å². The number of pyridine rings is 1. The van der Waals surface area contributed by atoms with Gasteiger partial charge >= 0.3 is 0 Å². The Morgan fingerprint density at radius 3 is 2.80 bits per heavy atom. The molecule has 10 heteroatoms. The lowest BCUT2D eigenvalue weighted by atomic mass is 10.4. The van der Waals surface area contributed by atoms with Crippen molar-refractivity contribution in [3.63, 3.8) is 0 Å². The van der Waals surface area contributed by atoms with Gasteiger partial charge in [0.05, 0.1) is 17.2 Å². The molecule has 2 aromatic heterocycles. The molecule has 0 unspecified atom stereocenters. The molecule has 20 heavy (non-hydrogen) atoms. The van der Waals surface area contributed by atoms with E-state index >= 15 is 0 Å². The van der Waals surface area contributed by atoms with Gasteiger partial charge in [0, 0.05) is 17.2 Å². The summed E-state index contributed by atoms with van der Waals surface area (Å²) in [5.74, 6) is 4.48. The van der Waals surface area contributed by atoms with E-state index in [9.17, 15) is 9.59 Å². The molecule has 3 N–H and O–H groups in total. The van der Waals surface area contributed by atoms with Gasteiger partial charge in [0.15, 0.2) is 5.69 Å². The maximum atomic E-state index is 11.9. The van der Waals surface area contributed by atoms with Crippen LogP contribution in [-0.4, -0.2) is 25.5 Å². The number of aromatic nitrogens is 4. The molecular formula is C10H10Br2N6O2. The molecule has 2 aromatic rings. The van der Waals surface area contributed by atoms with Gasteiger partial charge in [-0.1, -0.05) is 5.21 Å². The number of halogens is 2. The van der Waals surface area contributed by atoms with Crippen molar-refractivity contribution in [1.82, 2.24) is 25.0 Å². The summed E-state index contributed by atoms with van der Waals surface area (Å²) in [6.07, 6.45) is 3.14. The fourth-order valence-corrected chi connectivity index (χ4v) is 2.78. The van der Waals surface area contributed by atoms with Gasteiger partial charge in [0.25, 0.3) is 11.5 Å². The summed E-state index contributed by atoms with van der Waals surface area (Å²) in [7, 11) is 0. The van der Waals surface area contributed by atoms with E-state index in [2.05, 4.69) is 42.2 Å². The van der Waals surface area contributed by atoms with E-state index in [0.29, 0.717) is 17.6 Å². The van der Waals surface area contributed by atoms with E-state index < -0.39 is 5.91 Å². The summed E-state index contributed by atoms with van der Waals surface area (Å²) in [5.41, 5.74) is 1.95. The van der Waals surface area contributed by atoms with Gasteiger partial charge in [0.1, 0.15) is 0 Å². The average molecular weight is 406 g/mol. The molecule has 2 rings (SSSR count). The highest BCUT2D eigenvalue weighted by molar-refractivity contribution is 9.11. The van der Waals surface area contributed by atoms with Crippen molar-refractivity contribution < 1.29 is 4.79 Å². The highest BCUT2D eigenvalue weighted by Crippen LogP contribution is 2.12. The Labute approximate surface area is 130 Å². The van der Waals surface area contributed by atoms with E-state index in [0.717, 1.165) is 4.47 Å². The van der Waals surface area contributed by atoms with Crippen LogP contribution in [0.3, 0.4) is 0 Å². The molecule has 106 valence electrons. The maximum absolute atomic E-state index is 11.9. The summed E-state index contributed by atoms with van der Waals surface area (Å²) in [5, 5.41) is 7.46. The maximum Gasteiger partial charge on any atom is 0.287 e. The summed E-state index contributed by atoms with van der Waals surface area (Å²) in [6.45, 7) is 0.789. The number of carbonyl (C=O) groups excluding carboxylic acids is 1. The number of hydrogen-bond acceptors (Lipinski definition) is 5. The third kappa shape index (κ3) is 3.32. The molecule has 0 aliphatic rings. The van der Waals surface area contributed by atoms with Gasteiger partial charge < -0.3 is 4.57 Å². The Hall–Kier alpha value is -1.52. The first-order valence-corrected chi connectivity index (χ1v) is 7.06. The monoisotopic (exact) mass is 404 g/mol. The Bertz CT molecular complexity index is 695. The minimum Gasteiger partial charge on any atom is -0.312 e. The van der Waals surface area contributed by atoms with Gasteiger partial charge in [-0.3, -0.25) is 15.0 Å². The van der Waals surface area contributed by atoms with Crippen LogP contribution < -0.4 is 16.8 Å². The Morgan fingerprint density at radius 1 is 1.35 bits per heavy atom. The predicted octanol–water partition coefficient (Wildman–Crippen LogP) is 0.268. The number of rotatable bonds is 4. The lowest BCUT2D eigenvalue weighted by Crippen LogP contribution is -2.30. The first-order chi connectivity index (χ1) is 9.51. The number of carbonyl (C=O) groups is 1. The first kappa shape index (κ1) is 14.9. The van der Waals surface area contributed by atoms with Gasteiger partial charge in [0.2, 0.25) is 0 Å². The van der Waals surface area contributed by atoms with E-state index in [-0.39, 0.29) is 11.3 Å². The lowest BCUT2D eigenvalue weighted by molar-refractivity contribution is 0.0948. The van der Waals surface area contributed by atoms with E-state index in [1.54, 1.807) is 12.3 Å². The van der Waals surface area contributed by atoms with Crippen LogP contribution in [0.25, 0.3) is 0 Å². The minimum atomic E-state index is -0.515. The molecule has 0 saturated heterocycles.